The molecule has 1 amide bonds. The third kappa shape index (κ3) is 2.53. The van der Waals surface area contributed by atoms with Crippen molar-refractivity contribution in [2.75, 3.05) is 53.6 Å². The first-order valence-corrected chi connectivity index (χ1v) is 6.71. The molecular formula is C13H24N2O3. The highest BCUT2D eigenvalue weighted by Crippen LogP contribution is 2.44. The van der Waals surface area contributed by atoms with Gasteiger partial charge >= 0.3 is 0 Å². The molecule has 1 atom stereocenters. The van der Waals surface area contributed by atoms with E-state index in [0.717, 1.165) is 32.5 Å². The molecule has 0 aliphatic carbocycles. The van der Waals surface area contributed by atoms with E-state index in [4.69, 9.17) is 9.47 Å². The number of likely N-dealkylation sites (tertiary alicyclic amines) is 1. The van der Waals surface area contributed by atoms with Crippen LogP contribution in [0.2, 0.25) is 0 Å². The molecule has 0 bridgehead atoms. The van der Waals surface area contributed by atoms with Gasteiger partial charge in [0.1, 0.15) is 0 Å². The fraction of sp³-hybridized carbons (Fsp3) is 0.923. The summed E-state index contributed by atoms with van der Waals surface area (Å²) in [6, 6.07) is 0. The second-order valence-corrected chi connectivity index (χ2v) is 5.37. The van der Waals surface area contributed by atoms with Gasteiger partial charge in [-0.2, -0.15) is 0 Å². The Hall–Kier alpha value is -0.650. The minimum atomic E-state index is 0.0291. The summed E-state index contributed by atoms with van der Waals surface area (Å²) in [7, 11) is 3.35. The van der Waals surface area contributed by atoms with Crippen LogP contribution in [-0.2, 0) is 14.3 Å². The van der Waals surface area contributed by atoms with Gasteiger partial charge in [0.05, 0.1) is 19.1 Å². The normalized spacial score (nSPS) is 27.1. The van der Waals surface area contributed by atoms with Crippen LogP contribution in [0.3, 0.4) is 0 Å². The molecule has 2 fully saturated rings. The first-order valence-electron chi connectivity index (χ1n) is 6.71. The minimum absolute atomic E-state index is 0.0291. The average Bonchev–Trinajstić information content (AvgIpc) is 2.63. The smallest absolute Gasteiger partial charge is 0.228 e. The van der Waals surface area contributed by atoms with Crippen molar-refractivity contribution in [1.29, 1.82) is 0 Å². The molecule has 2 rings (SSSR count). The molecule has 2 aliphatic heterocycles. The highest BCUT2D eigenvalue weighted by Gasteiger charge is 2.51. The highest BCUT2D eigenvalue weighted by atomic mass is 16.5. The molecule has 0 radical (unpaired) electrons. The van der Waals surface area contributed by atoms with Crippen molar-refractivity contribution in [1.82, 2.24) is 10.2 Å². The number of piperidine rings is 1. The zero-order valence-corrected chi connectivity index (χ0v) is 11.4. The quantitative estimate of drug-likeness (QED) is 0.758. The zero-order valence-electron chi connectivity index (χ0n) is 11.4. The summed E-state index contributed by atoms with van der Waals surface area (Å²) in [5.74, 6) is 0.275. The molecule has 18 heavy (non-hydrogen) atoms. The Kier molecular flexibility index (Phi) is 4.59. The fourth-order valence-corrected chi connectivity index (χ4v) is 3.29. The Labute approximate surface area is 109 Å². The van der Waals surface area contributed by atoms with Crippen molar-refractivity contribution < 1.29 is 14.3 Å². The van der Waals surface area contributed by atoms with Crippen LogP contribution in [0.4, 0.5) is 0 Å². The van der Waals surface area contributed by atoms with Gasteiger partial charge in [-0.05, 0) is 25.9 Å². The van der Waals surface area contributed by atoms with Crippen LogP contribution >= 0.6 is 0 Å². The Bertz CT molecular complexity index is 290. The Morgan fingerprint density at radius 3 is 2.67 bits per heavy atom. The molecule has 1 spiro atoms. The van der Waals surface area contributed by atoms with Gasteiger partial charge in [-0.3, -0.25) is 4.79 Å². The maximum absolute atomic E-state index is 12.4. The molecule has 2 heterocycles. The van der Waals surface area contributed by atoms with Crippen molar-refractivity contribution in [2.24, 2.45) is 11.3 Å². The first kappa shape index (κ1) is 13.8. The van der Waals surface area contributed by atoms with Crippen LogP contribution in [-0.4, -0.2) is 64.4 Å². The fourth-order valence-electron chi connectivity index (χ4n) is 3.29. The van der Waals surface area contributed by atoms with Gasteiger partial charge in [0, 0.05) is 32.7 Å². The van der Waals surface area contributed by atoms with E-state index in [1.165, 1.54) is 0 Å². The number of hydrogen-bond donors (Lipinski definition) is 1. The standard InChI is InChI=1S/C13H24N2O3/c1-17-8-7-15-10-13(3-5-14-6-4-13)11(9-18-2)12(15)16/h11,14H,3-10H2,1-2H3/t11-/m1/s1. The predicted octanol–water partition coefficient (Wildman–Crippen LogP) is 0.107. The molecule has 104 valence electrons. The van der Waals surface area contributed by atoms with Crippen molar-refractivity contribution in [3.8, 4) is 0 Å². The van der Waals surface area contributed by atoms with Crippen molar-refractivity contribution in [3.63, 3.8) is 0 Å². The number of methoxy groups -OCH3 is 2. The lowest BCUT2D eigenvalue weighted by Gasteiger charge is -2.37. The lowest BCUT2D eigenvalue weighted by molar-refractivity contribution is -0.133. The van der Waals surface area contributed by atoms with Crippen LogP contribution in [0.1, 0.15) is 12.8 Å². The van der Waals surface area contributed by atoms with Crippen molar-refractivity contribution in [3.05, 3.63) is 0 Å². The van der Waals surface area contributed by atoms with E-state index in [1.807, 2.05) is 4.90 Å². The van der Waals surface area contributed by atoms with Crippen LogP contribution in [0.15, 0.2) is 0 Å². The van der Waals surface area contributed by atoms with Crippen LogP contribution in [0, 0.1) is 11.3 Å². The van der Waals surface area contributed by atoms with Gasteiger partial charge in [-0.25, -0.2) is 0 Å². The predicted molar refractivity (Wildman–Crippen MR) is 68.4 cm³/mol. The summed E-state index contributed by atoms with van der Waals surface area (Å²) in [5.41, 5.74) is 0.117. The minimum Gasteiger partial charge on any atom is -0.384 e. The van der Waals surface area contributed by atoms with E-state index in [0.29, 0.717) is 19.8 Å². The third-order valence-electron chi connectivity index (χ3n) is 4.35. The summed E-state index contributed by atoms with van der Waals surface area (Å²) < 4.78 is 10.4. The SMILES string of the molecule is COCCN1CC2(CCNCC2)[C@H](COC)C1=O. The summed E-state index contributed by atoms with van der Waals surface area (Å²) in [4.78, 5) is 14.4. The molecular weight excluding hydrogens is 232 g/mol. The molecule has 0 unspecified atom stereocenters. The Morgan fingerprint density at radius 2 is 2.06 bits per heavy atom. The number of amides is 1. The Morgan fingerprint density at radius 1 is 1.33 bits per heavy atom. The average molecular weight is 256 g/mol. The highest BCUT2D eigenvalue weighted by molar-refractivity contribution is 5.82. The molecule has 2 aliphatic rings. The molecule has 5 heteroatoms. The second-order valence-electron chi connectivity index (χ2n) is 5.37. The lowest BCUT2D eigenvalue weighted by Crippen LogP contribution is -2.43. The number of nitrogens with zero attached hydrogens (tertiary/aromatic N) is 1. The number of rotatable bonds is 5. The number of hydrogen-bond acceptors (Lipinski definition) is 4. The van der Waals surface area contributed by atoms with E-state index in [2.05, 4.69) is 5.32 Å². The molecule has 0 saturated carbocycles. The number of ether oxygens (including phenoxy) is 2. The van der Waals surface area contributed by atoms with Gasteiger partial charge in [-0.1, -0.05) is 0 Å². The maximum atomic E-state index is 12.4. The second kappa shape index (κ2) is 5.99. The molecule has 0 aromatic carbocycles. The van der Waals surface area contributed by atoms with Crippen LogP contribution in [0.25, 0.3) is 0 Å². The van der Waals surface area contributed by atoms with E-state index >= 15 is 0 Å². The van der Waals surface area contributed by atoms with Gasteiger partial charge in [0.25, 0.3) is 0 Å². The van der Waals surface area contributed by atoms with E-state index in [9.17, 15) is 4.79 Å². The number of carbonyl (C=O) groups excluding carboxylic acids is 1. The molecule has 2 saturated heterocycles. The largest absolute Gasteiger partial charge is 0.384 e. The summed E-state index contributed by atoms with van der Waals surface area (Å²) in [5, 5.41) is 3.38. The van der Waals surface area contributed by atoms with Crippen molar-refractivity contribution in [2.45, 2.75) is 12.8 Å². The van der Waals surface area contributed by atoms with Gasteiger partial charge < -0.3 is 19.7 Å². The molecule has 0 aromatic rings. The number of carbonyl (C=O) groups is 1. The summed E-state index contributed by atoms with van der Waals surface area (Å²) >= 11 is 0. The van der Waals surface area contributed by atoms with E-state index in [1.54, 1.807) is 14.2 Å². The topological polar surface area (TPSA) is 50.8 Å². The van der Waals surface area contributed by atoms with Gasteiger partial charge in [-0.15, -0.1) is 0 Å². The summed E-state index contributed by atoms with van der Waals surface area (Å²) in [6.07, 6.45) is 2.13. The monoisotopic (exact) mass is 256 g/mol. The molecule has 1 N–H and O–H groups in total. The third-order valence-corrected chi connectivity index (χ3v) is 4.35. The zero-order chi connectivity index (χ0) is 13.0. The molecule has 0 aromatic heterocycles. The maximum Gasteiger partial charge on any atom is 0.228 e. The van der Waals surface area contributed by atoms with E-state index in [-0.39, 0.29) is 17.2 Å². The van der Waals surface area contributed by atoms with E-state index < -0.39 is 0 Å². The first-order chi connectivity index (χ1) is 8.73. The lowest BCUT2D eigenvalue weighted by atomic mass is 9.71. The van der Waals surface area contributed by atoms with Gasteiger partial charge in [0.2, 0.25) is 5.91 Å². The van der Waals surface area contributed by atoms with Gasteiger partial charge in [0.15, 0.2) is 0 Å². The number of nitrogens with one attached hydrogen (secondary N) is 1. The van der Waals surface area contributed by atoms with Crippen molar-refractivity contribution >= 4 is 5.91 Å². The molecule has 5 nitrogen and oxygen atoms in total. The Balaban J connectivity index is 2.09. The van der Waals surface area contributed by atoms with Crippen LogP contribution in [0.5, 0.6) is 0 Å². The van der Waals surface area contributed by atoms with Crippen LogP contribution < -0.4 is 5.32 Å². The summed E-state index contributed by atoms with van der Waals surface area (Å²) in [6.45, 7) is 4.73.